The number of ether oxygens (including phenoxy) is 2. The van der Waals surface area contributed by atoms with Crippen LogP contribution < -0.4 is 10.5 Å². The summed E-state index contributed by atoms with van der Waals surface area (Å²) in [5, 5.41) is 0. The molecule has 0 aliphatic rings. The zero-order valence-electron chi connectivity index (χ0n) is 13.6. The van der Waals surface area contributed by atoms with Crippen molar-refractivity contribution in [3.63, 3.8) is 0 Å². The molecule has 1 aromatic carbocycles. The summed E-state index contributed by atoms with van der Waals surface area (Å²) in [6.45, 7) is 3.64. The maximum Gasteiger partial charge on any atom is 0.309 e. The molecular weight excluding hydrogens is 328 g/mol. The van der Waals surface area contributed by atoms with Crippen molar-refractivity contribution in [3.8, 4) is 5.75 Å². The van der Waals surface area contributed by atoms with Crippen molar-refractivity contribution < 1.29 is 23.0 Å². The maximum atomic E-state index is 13.4. The smallest absolute Gasteiger partial charge is 0.309 e. The van der Waals surface area contributed by atoms with E-state index in [1.54, 1.807) is 13.8 Å². The van der Waals surface area contributed by atoms with E-state index in [0.717, 1.165) is 0 Å². The quantitative estimate of drug-likeness (QED) is 0.728. The molecule has 4 nitrogen and oxygen atoms in total. The summed E-state index contributed by atoms with van der Waals surface area (Å²) in [7, 11) is 1.41. The van der Waals surface area contributed by atoms with Gasteiger partial charge < -0.3 is 15.2 Å². The fraction of sp³-hybridized carbons (Fsp3) is 0.562. The molecule has 0 aliphatic heterocycles. The van der Waals surface area contributed by atoms with Gasteiger partial charge in [-0.25, -0.2) is 8.78 Å². The Morgan fingerprint density at radius 2 is 2.09 bits per heavy atom. The first-order valence-electron chi connectivity index (χ1n) is 7.24. The fourth-order valence-corrected chi connectivity index (χ4v) is 2.23. The predicted octanol–water partition coefficient (Wildman–Crippen LogP) is 3.50. The Morgan fingerprint density at radius 3 is 2.61 bits per heavy atom. The van der Waals surface area contributed by atoms with Crippen LogP contribution in [0.2, 0.25) is 0 Å². The number of nitrogens with two attached hydrogens (primary N) is 1. The van der Waals surface area contributed by atoms with Crippen molar-refractivity contribution in [1.82, 2.24) is 0 Å². The third-order valence-corrected chi connectivity index (χ3v) is 3.57. The van der Waals surface area contributed by atoms with Crippen molar-refractivity contribution in [1.29, 1.82) is 0 Å². The highest BCUT2D eigenvalue weighted by atomic mass is 35.5. The Labute approximate surface area is 141 Å². The van der Waals surface area contributed by atoms with E-state index >= 15 is 0 Å². The van der Waals surface area contributed by atoms with Gasteiger partial charge >= 0.3 is 5.97 Å². The number of carbonyl (C=O) groups is 1. The number of methoxy groups -OCH3 is 1. The molecule has 2 N–H and O–H groups in total. The highest BCUT2D eigenvalue weighted by Crippen LogP contribution is 2.35. The summed E-state index contributed by atoms with van der Waals surface area (Å²) in [6, 6.07) is 4.02. The average molecular weight is 352 g/mol. The van der Waals surface area contributed by atoms with E-state index in [-0.39, 0.29) is 31.8 Å². The molecule has 0 radical (unpaired) electrons. The van der Waals surface area contributed by atoms with E-state index in [1.807, 2.05) is 0 Å². The van der Waals surface area contributed by atoms with Gasteiger partial charge in [-0.15, -0.1) is 12.4 Å². The van der Waals surface area contributed by atoms with E-state index in [9.17, 15) is 13.6 Å². The maximum absolute atomic E-state index is 13.4. The van der Waals surface area contributed by atoms with Crippen LogP contribution in [0.15, 0.2) is 18.2 Å². The summed E-state index contributed by atoms with van der Waals surface area (Å²) in [5.41, 5.74) is 5.54. The molecule has 0 bridgehead atoms. The number of alkyl halides is 1. The zero-order valence-corrected chi connectivity index (χ0v) is 14.4. The van der Waals surface area contributed by atoms with Crippen molar-refractivity contribution in [2.24, 2.45) is 5.73 Å². The SMILES string of the molecule is CCCC(F)OC(=O)CC(C)(CN)c1ccc(F)cc1OC.Cl. The highest BCUT2D eigenvalue weighted by Gasteiger charge is 2.33. The molecule has 0 aromatic heterocycles. The molecule has 1 aromatic rings. The van der Waals surface area contributed by atoms with Gasteiger partial charge in [-0.3, -0.25) is 4.79 Å². The van der Waals surface area contributed by atoms with Crippen molar-refractivity contribution in [2.75, 3.05) is 13.7 Å². The van der Waals surface area contributed by atoms with E-state index in [2.05, 4.69) is 0 Å². The van der Waals surface area contributed by atoms with E-state index < -0.39 is 23.6 Å². The van der Waals surface area contributed by atoms with Crippen LogP contribution in [-0.4, -0.2) is 26.0 Å². The first kappa shape index (κ1) is 21.6. The molecule has 132 valence electrons. The second kappa shape index (κ2) is 9.67. The lowest BCUT2D eigenvalue weighted by Crippen LogP contribution is -2.36. The Hall–Kier alpha value is -1.40. The van der Waals surface area contributed by atoms with Gasteiger partial charge in [0.25, 0.3) is 0 Å². The van der Waals surface area contributed by atoms with Gasteiger partial charge in [0.2, 0.25) is 6.36 Å². The normalized spacial score (nSPS) is 14.3. The molecule has 23 heavy (non-hydrogen) atoms. The predicted molar refractivity (Wildman–Crippen MR) is 87.1 cm³/mol. The lowest BCUT2D eigenvalue weighted by molar-refractivity contribution is -0.159. The first-order valence-corrected chi connectivity index (χ1v) is 7.24. The van der Waals surface area contributed by atoms with Crippen LogP contribution in [0.5, 0.6) is 5.75 Å². The van der Waals surface area contributed by atoms with Crippen LogP contribution in [-0.2, 0) is 14.9 Å². The minimum atomic E-state index is -1.62. The van der Waals surface area contributed by atoms with E-state index in [4.69, 9.17) is 15.2 Å². The van der Waals surface area contributed by atoms with E-state index in [0.29, 0.717) is 17.7 Å². The van der Waals surface area contributed by atoms with Gasteiger partial charge in [0.15, 0.2) is 0 Å². The third kappa shape index (κ3) is 5.95. The number of hydrogen-bond acceptors (Lipinski definition) is 4. The summed E-state index contributed by atoms with van der Waals surface area (Å²) in [4.78, 5) is 11.9. The molecule has 1 rings (SSSR count). The number of hydrogen-bond donors (Lipinski definition) is 1. The number of halogens is 3. The fourth-order valence-electron chi connectivity index (χ4n) is 2.23. The second-order valence-corrected chi connectivity index (χ2v) is 5.47. The molecule has 0 saturated carbocycles. The molecule has 0 saturated heterocycles. The summed E-state index contributed by atoms with van der Waals surface area (Å²) < 4.78 is 36.6. The number of carbonyl (C=O) groups excluding carboxylic acids is 1. The molecule has 0 spiro atoms. The standard InChI is InChI=1S/C16H23F2NO3.ClH/c1-4-5-14(18)22-15(20)9-16(2,10-19)12-7-6-11(17)8-13(12)21-3;/h6-8,14H,4-5,9-10,19H2,1-3H3;1H. The average Bonchev–Trinajstić information content (AvgIpc) is 2.46. The van der Waals surface area contributed by atoms with Gasteiger partial charge in [-0.1, -0.05) is 19.9 Å². The number of benzene rings is 1. The molecule has 0 heterocycles. The van der Waals surface area contributed by atoms with Crippen LogP contribution in [0.25, 0.3) is 0 Å². The largest absolute Gasteiger partial charge is 0.496 e. The highest BCUT2D eigenvalue weighted by molar-refractivity contribution is 5.85. The molecule has 0 aliphatic carbocycles. The number of esters is 1. The van der Waals surface area contributed by atoms with Crippen LogP contribution in [0.1, 0.15) is 38.7 Å². The van der Waals surface area contributed by atoms with Gasteiger partial charge in [0.1, 0.15) is 11.6 Å². The Balaban J connectivity index is 0.00000484. The Bertz CT molecular complexity index is 516. The third-order valence-electron chi connectivity index (χ3n) is 3.57. The second-order valence-electron chi connectivity index (χ2n) is 5.47. The van der Waals surface area contributed by atoms with Gasteiger partial charge in [-0.05, 0) is 12.5 Å². The van der Waals surface area contributed by atoms with Crippen molar-refractivity contribution >= 4 is 18.4 Å². The minimum Gasteiger partial charge on any atom is -0.496 e. The topological polar surface area (TPSA) is 61.5 Å². The van der Waals surface area contributed by atoms with Gasteiger partial charge in [-0.2, -0.15) is 0 Å². The molecule has 0 amide bonds. The molecule has 0 fully saturated rings. The monoisotopic (exact) mass is 351 g/mol. The van der Waals surface area contributed by atoms with Gasteiger partial charge in [0, 0.05) is 30.0 Å². The van der Waals surface area contributed by atoms with Crippen LogP contribution in [0.4, 0.5) is 8.78 Å². The first-order chi connectivity index (χ1) is 10.4. The summed E-state index contributed by atoms with van der Waals surface area (Å²) in [5.74, 6) is -0.833. The molecule has 7 heteroatoms. The Morgan fingerprint density at radius 1 is 1.43 bits per heavy atom. The summed E-state index contributed by atoms with van der Waals surface area (Å²) >= 11 is 0. The molecular formula is C16H24ClF2NO3. The molecule has 2 unspecified atom stereocenters. The van der Waals surface area contributed by atoms with Gasteiger partial charge in [0.05, 0.1) is 13.5 Å². The lowest BCUT2D eigenvalue weighted by Gasteiger charge is -2.29. The minimum absolute atomic E-state index is 0. The van der Waals surface area contributed by atoms with Crippen LogP contribution in [0, 0.1) is 5.82 Å². The van der Waals surface area contributed by atoms with Crippen molar-refractivity contribution in [3.05, 3.63) is 29.6 Å². The van der Waals surface area contributed by atoms with Crippen LogP contribution >= 0.6 is 12.4 Å². The lowest BCUT2D eigenvalue weighted by atomic mass is 9.79. The Kier molecular flexibility index (Phi) is 9.09. The summed E-state index contributed by atoms with van der Waals surface area (Å²) in [6.07, 6.45) is -0.996. The van der Waals surface area contributed by atoms with Crippen LogP contribution in [0.3, 0.4) is 0 Å². The zero-order chi connectivity index (χ0) is 16.8. The van der Waals surface area contributed by atoms with E-state index in [1.165, 1.54) is 25.3 Å². The van der Waals surface area contributed by atoms with Crippen molar-refractivity contribution in [2.45, 2.75) is 44.9 Å². The molecule has 2 atom stereocenters. The number of rotatable bonds is 8.